The van der Waals surface area contributed by atoms with Crippen molar-refractivity contribution < 1.29 is 14.7 Å². The van der Waals surface area contributed by atoms with Crippen LogP contribution in [-0.4, -0.2) is 70.2 Å². The van der Waals surface area contributed by atoms with Crippen LogP contribution in [0.5, 0.6) is 0 Å². The molecule has 8 nitrogen and oxygen atoms in total. The molecule has 1 unspecified atom stereocenters. The van der Waals surface area contributed by atoms with Crippen LogP contribution in [0.25, 0.3) is 22.2 Å². The number of fused-ring (bicyclic) bond motifs is 3. The van der Waals surface area contributed by atoms with Crippen molar-refractivity contribution in [3.05, 3.63) is 58.7 Å². The van der Waals surface area contributed by atoms with Crippen LogP contribution in [0, 0.1) is 5.41 Å². The number of hydrogen-bond acceptors (Lipinski definition) is 6. The molecule has 3 aromatic rings. The molecule has 5 rings (SSSR count). The molecule has 1 aliphatic carbocycles. The first-order chi connectivity index (χ1) is 16.9. The second kappa shape index (κ2) is 9.11. The summed E-state index contributed by atoms with van der Waals surface area (Å²) in [4.78, 5) is 33.0. The van der Waals surface area contributed by atoms with Crippen LogP contribution in [0.4, 0.5) is 5.69 Å². The Labute approximate surface area is 203 Å². The summed E-state index contributed by atoms with van der Waals surface area (Å²) in [6.45, 7) is 3.70. The SMILES string of the molecule is CC(=O)N1CCN(C(=O)c2ccc(-c3nc4ccc(N)c(C=N)c4c4c3CC(O)CC4)cc2)CC1. The van der Waals surface area contributed by atoms with Gasteiger partial charge in [0.15, 0.2) is 0 Å². The molecular formula is C27H29N5O3. The van der Waals surface area contributed by atoms with Crippen molar-refractivity contribution in [2.24, 2.45) is 0 Å². The molecule has 180 valence electrons. The van der Waals surface area contributed by atoms with Gasteiger partial charge in [-0.3, -0.25) is 9.59 Å². The van der Waals surface area contributed by atoms with Gasteiger partial charge >= 0.3 is 0 Å². The molecule has 0 bridgehead atoms. The number of anilines is 1. The predicted octanol–water partition coefficient (Wildman–Crippen LogP) is 2.64. The number of piperazine rings is 1. The minimum atomic E-state index is -0.445. The van der Waals surface area contributed by atoms with E-state index < -0.39 is 6.10 Å². The third-order valence-corrected chi connectivity index (χ3v) is 7.17. The Morgan fingerprint density at radius 1 is 1.06 bits per heavy atom. The van der Waals surface area contributed by atoms with E-state index in [1.165, 1.54) is 6.21 Å². The summed E-state index contributed by atoms with van der Waals surface area (Å²) < 4.78 is 0. The lowest BCUT2D eigenvalue weighted by Crippen LogP contribution is -2.50. The maximum absolute atomic E-state index is 13.0. The first kappa shape index (κ1) is 23.0. The molecule has 1 aliphatic heterocycles. The van der Waals surface area contributed by atoms with Gasteiger partial charge in [0.05, 0.1) is 17.3 Å². The van der Waals surface area contributed by atoms with Gasteiger partial charge in [-0.25, -0.2) is 4.98 Å². The van der Waals surface area contributed by atoms with E-state index in [1.54, 1.807) is 22.8 Å². The molecule has 1 aromatic heterocycles. The van der Waals surface area contributed by atoms with Crippen LogP contribution in [0.2, 0.25) is 0 Å². The fourth-order valence-electron chi connectivity index (χ4n) is 5.23. The summed E-state index contributed by atoms with van der Waals surface area (Å²) in [5, 5.41) is 19.2. The van der Waals surface area contributed by atoms with Crippen molar-refractivity contribution in [3.8, 4) is 11.3 Å². The first-order valence-corrected chi connectivity index (χ1v) is 11.9. The van der Waals surface area contributed by atoms with Crippen molar-refractivity contribution in [3.63, 3.8) is 0 Å². The Bertz CT molecular complexity index is 1330. The molecule has 0 radical (unpaired) electrons. The molecule has 4 N–H and O–H groups in total. The molecular weight excluding hydrogens is 442 g/mol. The number of nitrogens with one attached hydrogen (secondary N) is 1. The zero-order chi connectivity index (χ0) is 24.7. The van der Waals surface area contributed by atoms with Crippen molar-refractivity contribution >= 4 is 34.6 Å². The summed E-state index contributed by atoms with van der Waals surface area (Å²) in [6, 6.07) is 11.1. The van der Waals surface area contributed by atoms with Gasteiger partial charge in [0, 0.05) is 73.5 Å². The third kappa shape index (κ3) is 4.14. The topological polar surface area (TPSA) is 124 Å². The fraction of sp³-hybridized carbons (Fsp3) is 0.333. The standard InChI is InChI=1S/C27H29N5O3/c1-16(33)31-10-12-32(13-11-31)27(35)18-4-2-17(3-5-18)26-21-14-19(34)6-7-20(21)25-22(15-28)23(29)8-9-24(25)30-26/h2-5,8-9,15,19,28,34H,6-7,10-14,29H2,1H3. The van der Waals surface area contributed by atoms with Gasteiger partial charge in [-0.1, -0.05) is 12.1 Å². The van der Waals surface area contributed by atoms with E-state index in [1.807, 2.05) is 30.3 Å². The van der Waals surface area contributed by atoms with Crippen LogP contribution in [-0.2, 0) is 17.6 Å². The fourth-order valence-corrected chi connectivity index (χ4v) is 5.23. The monoisotopic (exact) mass is 471 g/mol. The molecule has 2 heterocycles. The minimum absolute atomic E-state index is 0.0354. The molecule has 2 amide bonds. The molecule has 1 saturated heterocycles. The Morgan fingerprint density at radius 3 is 2.40 bits per heavy atom. The summed E-state index contributed by atoms with van der Waals surface area (Å²) in [7, 11) is 0. The molecule has 0 saturated carbocycles. The predicted molar refractivity (Wildman–Crippen MR) is 136 cm³/mol. The number of aromatic nitrogens is 1. The largest absolute Gasteiger partial charge is 0.398 e. The lowest BCUT2D eigenvalue weighted by molar-refractivity contribution is -0.130. The number of rotatable bonds is 3. The smallest absolute Gasteiger partial charge is 0.253 e. The third-order valence-electron chi connectivity index (χ3n) is 7.17. The average molecular weight is 472 g/mol. The van der Waals surface area contributed by atoms with Crippen LogP contribution in [0.3, 0.4) is 0 Å². The van der Waals surface area contributed by atoms with Gasteiger partial charge in [0.2, 0.25) is 5.91 Å². The van der Waals surface area contributed by atoms with Gasteiger partial charge in [-0.05, 0) is 48.2 Å². The number of benzene rings is 2. The quantitative estimate of drug-likeness (QED) is 0.400. The summed E-state index contributed by atoms with van der Waals surface area (Å²) in [5.74, 6) is -0.0111. The number of amides is 2. The van der Waals surface area contributed by atoms with Crippen molar-refractivity contribution in [1.29, 1.82) is 5.41 Å². The van der Waals surface area contributed by atoms with E-state index in [0.29, 0.717) is 62.3 Å². The van der Waals surface area contributed by atoms with Gasteiger partial charge in [0.25, 0.3) is 5.91 Å². The number of pyridine rings is 1. The van der Waals surface area contributed by atoms with E-state index in [0.717, 1.165) is 33.3 Å². The van der Waals surface area contributed by atoms with Crippen molar-refractivity contribution in [2.45, 2.75) is 32.3 Å². The highest BCUT2D eigenvalue weighted by molar-refractivity contribution is 6.05. The summed E-state index contributed by atoms with van der Waals surface area (Å²) in [5.41, 5.74) is 12.5. The highest BCUT2D eigenvalue weighted by Gasteiger charge is 2.26. The Kier molecular flexibility index (Phi) is 5.98. The van der Waals surface area contributed by atoms with Crippen molar-refractivity contribution in [2.75, 3.05) is 31.9 Å². The molecule has 1 atom stereocenters. The van der Waals surface area contributed by atoms with Crippen LogP contribution in [0.15, 0.2) is 36.4 Å². The molecule has 2 aliphatic rings. The van der Waals surface area contributed by atoms with Crippen LogP contribution >= 0.6 is 0 Å². The molecule has 2 aromatic carbocycles. The number of aryl methyl sites for hydroxylation is 1. The zero-order valence-corrected chi connectivity index (χ0v) is 19.8. The van der Waals surface area contributed by atoms with E-state index in [2.05, 4.69) is 0 Å². The number of nitrogens with two attached hydrogens (primary N) is 1. The summed E-state index contributed by atoms with van der Waals surface area (Å²) >= 11 is 0. The lowest BCUT2D eigenvalue weighted by Gasteiger charge is -2.34. The van der Waals surface area contributed by atoms with Crippen molar-refractivity contribution in [1.82, 2.24) is 14.8 Å². The van der Waals surface area contributed by atoms with Crippen LogP contribution < -0.4 is 5.73 Å². The Morgan fingerprint density at radius 2 is 1.74 bits per heavy atom. The summed E-state index contributed by atoms with van der Waals surface area (Å²) in [6.07, 6.45) is 2.67. The van der Waals surface area contributed by atoms with Gasteiger partial charge < -0.3 is 26.0 Å². The Hall–Kier alpha value is -3.78. The number of nitrogen functional groups attached to an aromatic ring is 1. The number of carbonyl (C=O) groups excluding carboxylic acids is 2. The van der Waals surface area contributed by atoms with E-state index >= 15 is 0 Å². The first-order valence-electron chi connectivity index (χ1n) is 11.9. The number of hydrogen-bond donors (Lipinski definition) is 3. The molecule has 8 heteroatoms. The van der Waals surface area contributed by atoms with Gasteiger partial charge in [-0.2, -0.15) is 0 Å². The second-order valence-corrected chi connectivity index (χ2v) is 9.30. The zero-order valence-electron chi connectivity index (χ0n) is 19.8. The number of aliphatic hydroxyl groups is 1. The lowest BCUT2D eigenvalue weighted by atomic mass is 9.83. The van der Waals surface area contributed by atoms with Gasteiger partial charge in [0.1, 0.15) is 0 Å². The Balaban J connectivity index is 1.50. The minimum Gasteiger partial charge on any atom is -0.398 e. The molecule has 1 fully saturated rings. The number of carbonyl (C=O) groups is 2. The molecule has 35 heavy (non-hydrogen) atoms. The number of aliphatic hydroxyl groups excluding tert-OH is 1. The maximum atomic E-state index is 13.0. The van der Waals surface area contributed by atoms with Gasteiger partial charge in [-0.15, -0.1) is 0 Å². The average Bonchev–Trinajstić information content (AvgIpc) is 2.88. The number of nitrogens with zero attached hydrogens (tertiary/aromatic N) is 3. The van der Waals surface area contributed by atoms with E-state index in [9.17, 15) is 14.7 Å². The second-order valence-electron chi connectivity index (χ2n) is 9.30. The molecule has 0 spiro atoms. The maximum Gasteiger partial charge on any atom is 0.253 e. The highest BCUT2D eigenvalue weighted by atomic mass is 16.3. The normalized spacial score (nSPS) is 17.8. The van der Waals surface area contributed by atoms with Crippen LogP contribution in [0.1, 0.15) is 40.4 Å². The highest BCUT2D eigenvalue weighted by Crippen LogP contribution is 2.37. The van der Waals surface area contributed by atoms with E-state index in [4.69, 9.17) is 16.1 Å². The van der Waals surface area contributed by atoms with E-state index in [-0.39, 0.29) is 11.8 Å².